The molecule has 1 amide bonds. The van der Waals surface area contributed by atoms with Gasteiger partial charge in [-0.2, -0.15) is 0 Å². The van der Waals surface area contributed by atoms with E-state index in [0.717, 1.165) is 0 Å². The van der Waals surface area contributed by atoms with E-state index in [1.807, 2.05) is 6.07 Å². The zero-order valence-corrected chi connectivity index (χ0v) is 7.90. The molecule has 0 fully saturated rings. The van der Waals surface area contributed by atoms with Crippen molar-refractivity contribution in [3.8, 4) is 0 Å². The zero-order valence-electron chi connectivity index (χ0n) is 7.90. The lowest BCUT2D eigenvalue weighted by Gasteiger charge is -2.23. The van der Waals surface area contributed by atoms with Gasteiger partial charge in [-0.3, -0.25) is 0 Å². The molecule has 14 heavy (non-hydrogen) atoms. The molecule has 0 radical (unpaired) electrons. The maximum Gasteiger partial charge on any atom is 0.404 e. The van der Waals surface area contributed by atoms with Crippen molar-refractivity contribution in [1.82, 2.24) is 5.32 Å². The van der Waals surface area contributed by atoms with Gasteiger partial charge in [0.1, 0.15) is 5.60 Å². The SMILES string of the molecule is C[C@@](O)(CNC(=O)O)c1ccccc1. The fourth-order valence-corrected chi connectivity index (χ4v) is 1.15. The number of carboxylic acid groups (broad SMARTS) is 1. The molecule has 76 valence electrons. The molecule has 0 aromatic heterocycles. The molecule has 1 atom stereocenters. The largest absolute Gasteiger partial charge is 0.465 e. The average Bonchev–Trinajstić information content (AvgIpc) is 2.16. The van der Waals surface area contributed by atoms with E-state index in [1.54, 1.807) is 31.2 Å². The number of hydrogen-bond acceptors (Lipinski definition) is 2. The first-order valence-electron chi connectivity index (χ1n) is 4.27. The summed E-state index contributed by atoms with van der Waals surface area (Å²) in [5.41, 5.74) is -0.478. The second-order valence-electron chi connectivity index (χ2n) is 3.30. The summed E-state index contributed by atoms with van der Waals surface area (Å²) in [4.78, 5) is 10.3. The maximum absolute atomic E-state index is 10.3. The van der Waals surface area contributed by atoms with Crippen molar-refractivity contribution < 1.29 is 15.0 Å². The number of amides is 1. The quantitative estimate of drug-likeness (QED) is 0.677. The summed E-state index contributed by atoms with van der Waals surface area (Å²) in [6, 6.07) is 8.94. The van der Waals surface area contributed by atoms with Crippen LogP contribution in [0.2, 0.25) is 0 Å². The first-order valence-corrected chi connectivity index (χ1v) is 4.27. The van der Waals surface area contributed by atoms with E-state index in [9.17, 15) is 9.90 Å². The van der Waals surface area contributed by atoms with E-state index in [1.165, 1.54) is 0 Å². The topological polar surface area (TPSA) is 69.6 Å². The molecule has 4 heteroatoms. The molecule has 0 saturated carbocycles. The Balaban J connectivity index is 2.70. The van der Waals surface area contributed by atoms with Gasteiger partial charge in [0.05, 0.1) is 6.54 Å². The van der Waals surface area contributed by atoms with E-state index < -0.39 is 11.7 Å². The molecule has 0 heterocycles. The fraction of sp³-hybridized carbons (Fsp3) is 0.300. The van der Waals surface area contributed by atoms with Crippen LogP contribution in [0, 0.1) is 0 Å². The highest BCUT2D eigenvalue weighted by Crippen LogP contribution is 2.18. The van der Waals surface area contributed by atoms with E-state index in [-0.39, 0.29) is 6.54 Å². The third-order valence-corrected chi connectivity index (χ3v) is 1.98. The van der Waals surface area contributed by atoms with Crippen LogP contribution in [0.3, 0.4) is 0 Å². The Hall–Kier alpha value is -1.55. The van der Waals surface area contributed by atoms with Crippen molar-refractivity contribution in [3.63, 3.8) is 0 Å². The van der Waals surface area contributed by atoms with Crippen LogP contribution in [0.5, 0.6) is 0 Å². The third-order valence-electron chi connectivity index (χ3n) is 1.98. The fourth-order valence-electron chi connectivity index (χ4n) is 1.15. The van der Waals surface area contributed by atoms with Gasteiger partial charge in [-0.05, 0) is 12.5 Å². The van der Waals surface area contributed by atoms with Crippen LogP contribution in [0.15, 0.2) is 30.3 Å². The minimum absolute atomic E-state index is 0.0215. The van der Waals surface area contributed by atoms with Gasteiger partial charge in [0, 0.05) is 0 Å². The summed E-state index contributed by atoms with van der Waals surface area (Å²) in [6.07, 6.45) is -1.14. The predicted octanol–water partition coefficient (Wildman–Crippen LogP) is 1.16. The van der Waals surface area contributed by atoms with E-state index in [0.29, 0.717) is 5.56 Å². The molecule has 0 aliphatic rings. The number of hydrogen-bond donors (Lipinski definition) is 3. The van der Waals surface area contributed by atoms with Gasteiger partial charge in [0.15, 0.2) is 0 Å². The van der Waals surface area contributed by atoms with Crippen molar-refractivity contribution in [2.24, 2.45) is 0 Å². The molecule has 0 aliphatic carbocycles. The smallest absolute Gasteiger partial charge is 0.404 e. The van der Waals surface area contributed by atoms with E-state index >= 15 is 0 Å². The molecule has 1 rings (SSSR count). The molecular formula is C10H13NO3. The van der Waals surface area contributed by atoms with Crippen LogP contribution in [-0.4, -0.2) is 22.9 Å². The monoisotopic (exact) mass is 195 g/mol. The van der Waals surface area contributed by atoms with Crippen LogP contribution in [0.4, 0.5) is 4.79 Å². The minimum atomic E-state index is -1.17. The molecule has 0 aliphatic heterocycles. The van der Waals surface area contributed by atoms with Gasteiger partial charge >= 0.3 is 6.09 Å². The second-order valence-corrected chi connectivity index (χ2v) is 3.30. The number of nitrogens with one attached hydrogen (secondary N) is 1. The summed E-state index contributed by atoms with van der Waals surface area (Å²) in [7, 11) is 0. The van der Waals surface area contributed by atoms with Crippen molar-refractivity contribution >= 4 is 6.09 Å². The Morgan fingerprint density at radius 2 is 2.00 bits per heavy atom. The summed E-state index contributed by atoms with van der Waals surface area (Å²) in [6.45, 7) is 1.55. The van der Waals surface area contributed by atoms with Gasteiger partial charge in [0.2, 0.25) is 0 Å². The summed E-state index contributed by atoms with van der Waals surface area (Å²) in [5.74, 6) is 0. The lowest BCUT2D eigenvalue weighted by molar-refractivity contribution is 0.0566. The van der Waals surface area contributed by atoms with Crippen molar-refractivity contribution in [2.75, 3.05) is 6.54 Å². The molecule has 0 spiro atoms. The Kier molecular flexibility index (Phi) is 3.09. The second kappa shape index (κ2) is 4.11. The molecule has 0 saturated heterocycles. The molecular weight excluding hydrogens is 182 g/mol. The Morgan fingerprint density at radius 3 is 2.50 bits per heavy atom. The maximum atomic E-state index is 10.3. The Labute approximate surface area is 82.2 Å². The molecule has 4 nitrogen and oxygen atoms in total. The normalized spacial score (nSPS) is 14.4. The summed E-state index contributed by atoms with van der Waals surface area (Å²) < 4.78 is 0. The highest BCUT2D eigenvalue weighted by atomic mass is 16.4. The number of aliphatic hydroxyl groups is 1. The molecule has 3 N–H and O–H groups in total. The number of carbonyl (C=O) groups is 1. The van der Waals surface area contributed by atoms with Crippen molar-refractivity contribution in [3.05, 3.63) is 35.9 Å². The predicted molar refractivity (Wildman–Crippen MR) is 52.0 cm³/mol. The Morgan fingerprint density at radius 1 is 1.43 bits per heavy atom. The van der Waals surface area contributed by atoms with Crippen LogP contribution < -0.4 is 5.32 Å². The standard InChI is InChI=1S/C10H13NO3/c1-10(14,7-11-9(12)13)8-5-3-2-4-6-8/h2-6,11,14H,7H2,1H3,(H,12,13)/t10-/m1/s1. The average molecular weight is 195 g/mol. The van der Waals surface area contributed by atoms with E-state index in [4.69, 9.17) is 5.11 Å². The highest BCUT2D eigenvalue weighted by molar-refractivity contribution is 5.64. The Bertz CT molecular complexity index is 308. The van der Waals surface area contributed by atoms with Gasteiger partial charge in [-0.25, -0.2) is 4.79 Å². The molecule has 1 aromatic rings. The van der Waals surface area contributed by atoms with Crippen LogP contribution in [0.1, 0.15) is 12.5 Å². The number of rotatable bonds is 3. The first-order chi connectivity index (χ1) is 6.52. The van der Waals surface area contributed by atoms with Crippen molar-refractivity contribution in [2.45, 2.75) is 12.5 Å². The third kappa shape index (κ3) is 2.74. The number of benzene rings is 1. The summed E-state index contributed by atoms with van der Waals surface area (Å²) in [5, 5.41) is 20.5. The van der Waals surface area contributed by atoms with Gasteiger partial charge in [-0.1, -0.05) is 30.3 Å². The highest BCUT2D eigenvalue weighted by Gasteiger charge is 2.22. The van der Waals surface area contributed by atoms with Gasteiger partial charge < -0.3 is 15.5 Å². The zero-order chi connectivity index (χ0) is 10.6. The minimum Gasteiger partial charge on any atom is -0.465 e. The first kappa shape index (κ1) is 10.5. The molecule has 0 unspecified atom stereocenters. The summed E-state index contributed by atoms with van der Waals surface area (Å²) >= 11 is 0. The van der Waals surface area contributed by atoms with Crippen LogP contribution in [0.25, 0.3) is 0 Å². The lowest BCUT2D eigenvalue weighted by atomic mass is 9.96. The lowest BCUT2D eigenvalue weighted by Crippen LogP contribution is -2.37. The molecule has 0 bridgehead atoms. The van der Waals surface area contributed by atoms with E-state index in [2.05, 4.69) is 5.32 Å². The van der Waals surface area contributed by atoms with Crippen molar-refractivity contribution in [1.29, 1.82) is 0 Å². The van der Waals surface area contributed by atoms with Crippen LogP contribution in [-0.2, 0) is 5.60 Å². The van der Waals surface area contributed by atoms with Crippen LogP contribution >= 0.6 is 0 Å². The van der Waals surface area contributed by atoms with Gasteiger partial charge in [0.25, 0.3) is 0 Å². The van der Waals surface area contributed by atoms with Gasteiger partial charge in [-0.15, -0.1) is 0 Å². The molecule has 1 aromatic carbocycles.